The topological polar surface area (TPSA) is 55.8 Å². The van der Waals surface area contributed by atoms with Gasteiger partial charge in [0.1, 0.15) is 11.9 Å². The van der Waals surface area contributed by atoms with Gasteiger partial charge in [-0.1, -0.05) is 0 Å². The molecule has 1 atom stereocenters. The second kappa shape index (κ2) is 4.87. The van der Waals surface area contributed by atoms with Crippen LogP contribution >= 0.6 is 0 Å². The van der Waals surface area contributed by atoms with E-state index in [9.17, 15) is 4.79 Å². The van der Waals surface area contributed by atoms with Crippen LogP contribution in [-0.2, 0) is 14.3 Å². The highest BCUT2D eigenvalue weighted by atomic mass is 16.5. The molecular weight excluding hydrogens is 172 g/mol. The maximum absolute atomic E-state index is 11.0. The average Bonchev–Trinajstić information content (AvgIpc) is 2.52. The van der Waals surface area contributed by atoms with Crippen LogP contribution < -0.4 is 0 Å². The zero-order valence-corrected chi connectivity index (χ0v) is 7.66. The van der Waals surface area contributed by atoms with Crippen molar-refractivity contribution in [3.8, 4) is 0 Å². The molecular formula is C9H14O4. The number of allylic oxidation sites excluding steroid dienone is 1. The minimum atomic E-state index is -0.379. The fourth-order valence-corrected chi connectivity index (χ4v) is 1.19. The van der Waals surface area contributed by atoms with Crippen molar-refractivity contribution in [1.82, 2.24) is 0 Å². The minimum Gasteiger partial charge on any atom is -0.492 e. The summed E-state index contributed by atoms with van der Waals surface area (Å²) in [4.78, 5) is 11.0. The molecule has 1 saturated heterocycles. The number of ether oxygens (including phenoxy) is 2. The smallest absolute Gasteiger partial charge is 0.334 e. The Morgan fingerprint density at radius 2 is 2.62 bits per heavy atom. The SMILES string of the molecule is CCOC(=O)/C=C1/CCC(CO)O1. The molecule has 74 valence electrons. The molecule has 0 radical (unpaired) electrons. The van der Waals surface area contributed by atoms with Crippen molar-refractivity contribution in [2.24, 2.45) is 0 Å². The van der Waals surface area contributed by atoms with Gasteiger partial charge in [-0.3, -0.25) is 0 Å². The molecule has 1 heterocycles. The van der Waals surface area contributed by atoms with E-state index >= 15 is 0 Å². The Morgan fingerprint density at radius 3 is 3.15 bits per heavy atom. The summed E-state index contributed by atoms with van der Waals surface area (Å²) in [6, 6.07) is 0. The lowest BCUT2D eigenvalue weighted by Crippen LogP contribution is -2.09. The van der Waals surface area contributed by atoms with Gasteiger partial charge >= 0.3 is 5.97 Å². The lowest BCUT2D eigenvalue weighted by molar-refractivity contribution is -0.137. The zero-order valence-electron chi connectivity index (χ0n) is 7.66. The molecule has 4 nitrogen and oxygen atoms in total. The van der Waals surface area contributed by atoms with Crippen molar-refractivity contribution in [2.45, 2.75) is 25.9 Å². The highest BCUT2D eigenvalue weighted by Gasteiger charge is 2.20. The third-order valence-electron chi connectivity index (χ3n) is 1.80. The normalized spacial score (nSPS) is 24.5. The van der Waals surface area contributed by atoms with Gasteiger partial charge in [0.2, 0.25) is 0 Å². The van der Waals surface area contributed by atoms with E-state index in [2.05, 4.69) is 0 Å². The number of carbonyl (C=O) groups is 1. The molecule has 0 saturated carbocycles. The van der Waals surface area contributed by atoms with Gasteiger partial charge in [0.15, 0.2) is 0 Å². The number of rotatable bonds is 3. The summed E-state index contributed by atoms with van der Waals surface area (Å²) in [5.74, 6) is 0.230. The van der Waals surface area contributed by atoms with E-state index in [1.54, 1.807) is 6.92 Å². The van der Waals surface area contributed by atoms with Crippen molar-refractivity contribution in [3.05, 3.63) is 11.8 Å². The number of hydrogen-bond donors (Lipinski definition) is 1. The number of esters is 1. The molecule has 0 spiro atoms. The van der Waals surface area contributed by atoms with Gasteiger partial charge in [-0.15, -0.1) is 0 Å². The second-order valence-electron chi connectivity index (χ2n) is 2.82. The molecule has 0 aromatic rings. The summed E-state index contributed by atoms with van der Waals surface area (Å²) < 4.78 is 9.95. The van der Waals surface area contributed by atoms with Crippen LogP contribution in [0.4, 0.5) is 0 Å². The van der Waals surface area contributed by atoms with Crippen LogP contribution in [0.2, 0.25) is 0 Å². The Kier molecular flexibility index (Phi) is 3.76. The van der Waals surface area contributed by atoms with Crippen LogP contribution in [-0.4, -0.2) is 30.4 Å². The molecule has 0 aromatic heterocycles. The molecule has 0 aromatic carbocycles. The first-order chi connectivity index (χ1) is 6.26. The maximum atomic E-state index is 11.0. The minimum absolute atomic E-state index is 0.000164. The van der Waals surface area contributed by atoms with Gasteiger partial charge in [0, 0.05) is 6.42 Å². The van der Waals surface area contributed by atoms with Crippen LogP contribution in [0.1, 0.15) is 19.8 Å². The van der Waals surface area contributed by atoms with E-state index in [-0.39, 0.29) is 18.7 Å². The molecule has 0 bridgehead atoms. The van der Waals surface area contributed by atoms with Gasteiger partial charge in [0.05, 0.1) is 19.3 Å². The highest BCUT2D eigenvalue weighted by Crippen LogP contribution is 2.22. The third kappa shape index (κ3) is 3.06. The predicted octanol–water partition coefficient (Wildman–Crippen LogP) is 0.605. The lowest BCUT2D eigenvalue weighted by atomic mass is 10.2. The first-order valence-electron chi connectivity index (χ1n) is 4.41. The number of aliphatic hydroxyl groups is 1. The quantitative estimate of drug-likeness (QED) is 0.518. The second-order valence-corrected chi connectivity index (χ2v) is 2.82. The van der Waals surface area contributed by atoms with Crippen molar-refractivity contribution in [3.63, 3.8) is 0 Å². The zero-order chi connectivity index (χ0) is 9.68. The maximum Gasteiger partial charge on any atom is 0.334 e. The lowest BCUT2D eigenvalue weighted by Gasteiger charge is -2.05. The summed E-state index contributed by atoms with van der Waals surface area (Å²) in [7, 11) is 0. The van der Waals surface area contributed by atoms with E-state index in [4.69, 9.17) is 14.6 Å². The third-order valence-corrected chi connectivity index (χ3v) is 1.80. The summed E-state index contributed by atoms with van der Waals surface area (Å²) >= 11 is 0. The first kappa shape index (κ1) is 10.1. The highest BCUT2D eigenvalue weighted by molar-refractivity contribution is 5.82. The molecule has 1 rings (SSSR count). The van der Waals surface area contributed by atoms with E-state index < -0.39 is 0 Å². The van der Waals surface area contributed by atoms with Crippen LogP contribution in [0.3, 0.4) is 0 Å². The molecule has 1 N–H and O–H groups in total. The number of carbonyl (C=O) groups excluding carboxylic acids is 1. The molecule has 13 heavy (non-hydrogen) atoms. The monoisotopic (exact) mass is 186 g/mol. The predicted molar refractivity (Wildman–Crippen MR) is 45.9 cm³/mol. The number of aliphatic hydroxyl groups excluding tert-OH is 1. The first-order valence-corrected chi connectivity index (χ1v) is 4.41. The van der Waals surface area contributed by atoms with Crippen molar-refractivity contribution in [1.29, 1.82) is 0 Å². The fourth-order valence-electron chi connectivity index (χ4n) is 1.19. The molecule has 1 aliphatic heterocycles. The summed E-state index contributed by atoms with van der Waals surface area (Å²) in [6.45, 7) is 2.12. The standard InChI is InChI=1S/C9H14O4/c1-2-12-9(11)5-7-3-4-8(6-10)13-7/h5,8,10H,2-4,6H2,1H3/b7-5-. The van der Waals surface area contributed by atoms with Gasteiger partial charge < -0.3 is 14.6 Å². The van der Waals surface area contributed by atoms with Crippen LogP contribution in [0.15, 0.2) is 11.8 Å². The molecule has 1 unspecified atom stereocenters. The Labute approximate surface area is 77.1 Å². The van der Waals surface area contributed by atoms with Gasteiger partial charge in [0.25, 0.3) is 0 Å². The van der Waals surface area contributed by atoms with Gasteiger partial charge in [-0.05, 0) is 13.3 Å². The Bertz CT molecular complexity index is 210. The van der Waals surface area contributed by atoms with Crippen molar-refractivity contribution < 1.29 is 19.4 Å². The van der Waals surface area contributed by atoms with E-state index in [0.717, 1.165) is 6.42 Å². The van der Waals surface area contributed by atoms with Crippen molar-refractivity contribution >= 4 is 5.97 Å². The fraction of sp³-hybridized carbons (Fsp3) is 0.667. The van der Waals surface area contributed by atoms with Crippen LogP contribution in [0, 0.1) is 0 Å². The molecule has 4 heteroatoms. The van der Waals surface area contributed by atoms with Gasteiger partial charge in [-0.2, -0.15) is 0 Å². The van der Waals surface area contributed by atoms with E-state index in [0.29, 0.717) is 18.8 Å². The Morgan fingerprint density at radius 1 is 1.85 bits per heavy atom. The summed E-state index contributed by atoms with van der Waals surface area (Å²) in [5.41, 5.74) is 0. The Balaban J connectivity index is 2.40. The van der Waals surface area contributed by atoms with Crippen LogP contribution in [0.25, 0.3) is 0 Å². The van der Waals surface area contributed by atoms with E-state index in [1.165, 1.54) is 6.08 Å². The number of hydrogen-bond acceptors (Lipinski definition) is 4. The largest absolute Gasteiger partial charge is 0.492 e. The average molecular weight is 186 g/mol. The summed E-state index contributed by atoms with van der Waals surface area (Å²) in [5, 5.41) is 8.75. The van der Waals surface area contributed by atoms with Crippen molar-refractivity contribution in [2.75, 3.05) is 13.2 Å². The summed E-state index contributed by atoms with van der Waals surface area (Å²) in [6.07, 6.45) is 2.66. The van der Waals surface area contributed by atoms with E-state index in [1.807, 2.05) is 0 Å². The van der Waals surface area contributed by atoms with Crippen LogP contribution in [0.5, 0.6) is 0 Å². The molecule has 1 fully saturated rings. The molecule has 0 aliphatic carbocycles. The Hall–Kier alpha value is -1.03. The molecule has 1 aliphatic rings. The van der Waals surface area contributed by atoms with Gasteiger partial charge in [-0.25, -0.2) is 4.79 Å². The molecule has 0 amide bonds.